The largest absolute Gasteiger partial charge is 0.243 e. The van der Waals surface area contributed by atoms with Crippen LogP contribution in [0.3, 0.4) is 0 Å². The SMILES string of the molecule is CC1CCCC(C)N1S(=O)(=O)c1ccc(S(=O)(=O)N2CCCCCC2)cc1. The van der Waals surface area contributed by atoms with E-state index in [-0.39, 0.29) is 21.9 Å². The Morgan fingerprint density at radius 2 is 1.15 bits per heavy atom. The summed E-state index contributed by atoms with van der Waals surface area (Å²) in [5, 5.41) is 0. The second kappa shape index (κ2) is 8.19. The van der Waals surface area contributed by atoms with Crippen molar-refractivity contribution in [3.63, 3.8) is 0 Å². The number of piperidine rings is 1. The molecule has 2 atom stereocenters. The number of hydrogen-bond donors (Lipinski definition) is 0. The van der Waals surface area contributed by atoms with Crippen molar-refractivity contribution in [1.82, 2.24) is 8.61 Å². The van der Waals surface area contributed by atoms with Gasteiger partial charge in [-0.1, -0.05) is 19.3 Å². The average Bonchev–Trinajstić information content (AvgIpc) is 2.91. The smallest absolute Gasteiger partial charge is 0.207 e. The van der Waals surface area contributed by atoms with Gasteiger partial charge in [0.05, 0.1) is 9.79 Å². The van der Waals surface area contributed by atoms with Gasteiger partial charge in [-0.25, -0.2) is 16.8 Å². The minimum absolute atomic E-state index is 0.0424. The van der Waals surface area contributed by atoms with Gasteiger partial charge in [0.1, 0.15) is 0 Å². The summed E-state index contributed by atoms with van der Waals surface area (Å²) in [6.07, 6.45) is 6.58. The van der Waals surface area contributed by atoms with E-state index in [1.165, 1.54) is 28.6 Å². The van der Waals surface area contributed by atoms with E-state index in [9.17, 15) is 16.8 Å². The van der Waals surface area contributed by atoms with Gasteiger partial charge >= 0.3 is 0 Å². The molecule has 0 saturated carbocycles. The Morgan fingerprint density at radius 1 is 0.704 bits per heavy atom. The Kier molecular flexibility index (Phi) is 6.30. The van der Waals surface area contributed by atoms with E-state index in [0.29, 0.717) is 13.1 Å². The first-order chi connectivity index (χ1) is 12.7. The molecule has 152 valence electrons. The molecule has 8 heteroatoms. The van der Waals surface area contributed by atoms with Crippen LogP contribution in [0.2, 0.25) is 0 Å². The minimum atomic E-state index is -3.63. The van der Waals surface area contributed by atoms with Crippen LogP contribution in [0, 0.1) is 0 Å². The molecular formula is C19H30N2O4S2. The van der Waals surface area contributed by atoms with E-state index < -0.39 is 20.0 Å². The maximum Gasteiger partial charge on any atom is 0.243 e. The van der Waals surface area contributed by atoms with E-state index in [1.807, 2.05) is 13.8 Å². The van der Waals surface area contributed by atoms with Gasteiger partial charge in [0.2, 0.25) is 20.0 Å². The van der Waals surface area contributed by atoms with Gasteiger partial charge in [0, 0.05) is 25.2 Å². The van der Waals surface area contributed by atoms with Crippen LogP contribution < -0.4 is 0 Å². The highest BCUT2D eigenvalue weighted by Gasteiger charge is 2.36. The fourth-order valence-electron chi connectivity index (χ4n) is 4.21. The van der Waals surface area contributed by atoms with Gasteiger partial charge in [-0.3, -0.25) is 0 Å². The molecule has 2 aliphatic rings. The molecule has 0 amide bonds. The van der Waals surface area contributed by atoms with Gasteiger partial charge in [-0.15, -0.1) is 0 Å². The zero-order valence-corrected chi connectivity index (χ0v) is 17.8. The molecule has 3 rings (SSSR count). The summed E-state index contributed by atoms with van der Waals surface area (Å²) in [7, 11) is -7.20. The molecule has 2 saturated heterocycles. The molecule has 0 aliphatic carbocycles. The first-order valence-electron chi connectivity index (χ1n) is 9.88. The lowest BCUT2D eigenvalue weighted by molar-refractivity contribution is 0.204. The van der Waals surface area contributed by atoms with Crippen molar-refractivity contribution >= 4 is 20.0 Å². The van der Waals surface area contributed by atoms with Crippen LogP contribution in [-0.4, -0.2) is 50.6 Å². The summed E-state index contributed by atoms with van der Waals surface area (Å²) in [5.74, 6) is 0. The average molecular weight is 415 g/mol. The molecule has 6 nitrogen and oxygen atoms in total. The Hall–Kier alpha value is -0.960. The Balaban J connectivity index is 1.86. The standard InChI is InChI=1S/C19H30N2O4S2/c1-16-8-7-9-17(2)21(16)27(24,25)19-12-10-18(11-13-19)26(22,23)20-14-5-3-4-6-15-20/h10-13,16-17H,3-9,14-15H2,1-2H3. The topological polar surface area (TPSA) is 74.8 Å². The second-order valence-corrected chi connectivity index (χ2v) is 11.5. The van der Waals surface area contributed by atoms with Crippen LogP contribution in [0.25, 0.3) is 0 Å². The summed E-state index contributed by atoms with van der Waals surface area (Å²) in [5.41, 5.74) is 0. The Labute approximate surface area is 163 Å². The van der Waals surface area contributed by atoms with E-state index >= 15 is 0 Å². The van der Waals surface area contributed by atoms with Crippen molar-refractivity contribution in [1.29, 1.82) is 0 Å². The molecule has 2 heterocycles. The zero-order chi connectivity index (χ0) is 19.7. The maximum atomic E-state index is 13.1. The molecule has 1 aromatic rings. The number of sulfonamides is 2. The molecule has 2 unspecified atom stereocenters. The van der Waals surface area contributed by atoms with Crippen LogP contribution in [-0.2, 0) is 20.0 Å². The van der Waals surface area contributed by atoms with E-state index in [1.54, 1.807) is 4.31 Å². The lowest BCUT2D eigenvalue weighted by atomic mass is 10.0. The minimum Gasteiger partial charge on any atom is -0.207 e. The number of hydrogen-bond acceptors (Lipinski definition) is 4. The molecule has 1 aromatic carbocycles. The van der Waals surface area contributed by atoms with Crippen molar-refractivity contribution in [3.8, 4) is 0 Å². The number of rotatable bonds is 4. The summed E-state index contributed by atoms with van der Waals surface area (Å²) in [6.45, 7) is 4.94. The quantitative estimate of drug-likeness (QED) is 0.758. The van der Waals surface area contributed by atoms with Crippen molar-refractivity contribution < 1.29 is 16.8 Å². The molecular weight excluding hydrogens is 384 g/mol. The summed E-state index contributed by atoms with van der Waals surface area (Å²) in [6, 6.07) is 5.67. The predicted molar refractivity (Wildman–Crippen MR) is 105 cm³/mol. The molecule has 0 N–H and O–H groups in total. The fraction of sp³-hybridized carbons (Fsp3) is 0.684. The third-order valence-electron chi connectivity index (χ3n) is 5.71. The molecule has 0 bridgehead atoms. The summed E-state index contributed by atoms with van der Waals surface area (Å²) >= 11 is 0. The Morgan fingerprint density at radius 3 is 1.63 bits per heavy atom. The second-order valence-electron chi connectivity index (χ2n) is 7.75. The fourth-order valence-corrected chi connectivity index (χ4v) is 7.61. The van der Waals surface area contributed by atoms with Crippen LogP contribution in [0.15, 0.2) is 34.1 Å². The van der Waals surface area contributed by atoms with Gasteiger partial charge in [-0.05, 0) is 63.8 Å². The highest BCUT2D eigenvalue weighted by Crippen LogP contribution is 2.30. The Bertz CT molecular complexity index is 832. The van der Waals surface area contributed by atoms with E-state index in [4.69, 9.17) is 0 Å². The lowest BCUT2D eigenvalue weighted by Crippen LogP contribution is -2.47. The summed E-state index contributed by atoms with van der Waals surface area (Å²) < 4.78 is 55.0. The van der Waals surface area contributed by atoms with Crippen molar-refractivity contribution in [3.05, 3.63) is 24.3 Å². The highest BCUT2D eigenvalue weighted by atomic mass is 32.2. The molecule has 27 heavy (non-hydrogen) atoms. The maximum absolute atomic E-state index is 13.1. The molecule has 0 radical (unpaired) electrons. The van der Waals surface area contributed by atoms with Crippen molar-refractivity contribution in [2.75, 3.05) is 13.1 Å². The van der Waals surface area contributed by atoms with Gasteiger partial charge in [0.15, 0.2) is 0 Å². The lowest BCUT2D eigenvalue weighted by Gasteiger charge is -2.37. The van der Waals surface area contributed by atoms with E-state index in [0.717, 1.165) is 44.9 Å². The normalized spacial score (nSPS) is 26.6. The first kappa shape index (κ1) is 20.8. The van der Waals surface area contributed by atoms with E-state index in [2.05, 4.69) is 0 Å². The highest BCUT2D eigenvalue weighted by molar-refractivity contribution is 7.89. The van der Waals surface area contributed by atoms with Gasteiger partial charge < -0.3 is 0 Å². The number of benzene rings is 1. The third kappa shape index (κ3) is 4.23. The predicted octanol–water partition coefficient (Wildman–Crippen LogP) is 3.20. The van der Waals surface area contributed by atoms with Crippen LogP contribution in [0.4, 0.5) is 0 Å². The first-order valence-corrected chi connectivity index (χ1v) is 12.8. The molecule has 0 aromatic heterocycles. The van der Waals surface area contributed by atoms with Crippen LogP contribution in [0.1, 0.15) is 58.8 Å². The van der Waals surface area contributed by atoms with Crippen molar-refractivity contribution in [2.45, 2.75) is 80.7 Å². The van der Waals surface area contributed by atoms with Gasteiger partial charge in [0.25, 0.3) is 0 Å². The third-order valence-corrected chi connectivity index (χ3v) is 9.77. The molecule has 2 fully saturated rings. The van der Waals surface area contributed by atoms with Gasteiger partial charge in [-0.2, -0.15) is 8.61 Å². The zero-order valence-electron chi connectivity index (χ0n) is 16.2. The van der Waals surface area contributed by atoms with Crippen LogP contribution in [0.5, 0.6) is 0 Å². The van der Waals surface area contributed by atoms with Crippen LogP contribution >= 0.6 is 0 Å². The molecule has 2 aliphatic heterocycles. The number of nitrogens with zero attached hydrogens (tertiary/aromatic N) is 2. The van der Waals surface area contributed by atoms with Crippen molar-refractivity contribution in [2.24, 2.45) is 0 Å². The molecule has 0 spiro atoms. The monoisotopic (exact) mass is 414 g/mol. The summed E-state index contributed by atoms with van der Waals surface area (Å²) in [4.78, 5) is 0.334.